The number of hydrogen-bond acceptors (Lipinski definition) is 1. The average Bonchev–Trinajstić information content (AvgIpc) is 2.18. The highest BCUT2D eigenvalue weighted by atomic mass is 35.5. The Morgan fingerprint density at radius 3 is 2.71 bits per heavy atom. The maximum absolute atomic E-state index is 9.33. The molecule has 0 spiro atoms. The standard InChI is InChI=1S/C12H11ClO/c1-2-10-11-5-4-9(14)7-8(11)3-6-12(10)13/h3-7,14H,2H2,1H3. The Labute approximate surface area is 87.9 Å². The summed E-state index contributed by atoms with van der Waals surface area (Å²) in [6.07, 6.45) is 0.904. The maximum Gasteiger partial charge on any atom is 0.116 e. The van der Waals surface area contributed by atoms with Crippen molar-refractivity contribution in [1.82, 2.24) is 0 Å². The Balaban J connectivity index is 2.82. The van der Waals surface area contributed by atoms with Crippen LogP contribution in [0.15, 0.2) is 30.3 Å². The first kappa shape index (κ1) is 9.35. The number of phenols is 1. The lowest BCUT2D eigenvalue weighted by molar-refractivity contribution is 0.476. The Hall–Kier alpha value is -1.21. The molecule has 0 aliphatic heterocycles. The molecule has 14 heavy (non-hydrogen) atoms. The van der Waals surface area contributed by atoms with E-state index in [2.05, 4.69) is 6.92 Å². The highest BCUT2D eigenvalue weighted by Gasteiger charge is 2.04. The number of hydrogen-bond donors (Lipinski definition) is 1. The van der Waals surface area contributed by atoms with Crippen molar-refractivity contribution in [2.24, 2.45) is 0 Å². The molecule has 0 heterocycles. The van der Waals surface area contributed by atoms with E-state index in [9.17, 15) is 5.11 Å². The van der Waals surface area contributed by atoms with Gasteiger partial charge in [-0.2, -0.15) is 0 Å². The van der Waals surface area contributed by atoms with Crippen LogP contribution in [0.2, 0.25) is 5.02 Å². The number of benzene rings is 2. The summed E-state index contributed by atoms with van der Waals surface area (Å²) in [6, 6.07) is 9.16. The third-order valence-electron chi connectivity index (χ3n) is 2.41. The molecular formula is C12H11ClO. The van der Waals surface area contributed by atoms with Crippen molar-refractivity contribution in [3.8, 4) is 5.75 Å². The summed E-state index contributed by atoms with van der Waals surface area (Å²) in [7, 11) is 0. The lowest BCUT2D eigenvalue weighted by Gasteiger charge is -2.06. The topological polar surface area (TPSA) is 20.2 Å². The monoisotopic (exact) mass is 206 g/mol. The van der Waals surface area contributed by atoms with Crippen LogP contribution in [0.4, 0.5) is 0 Å². The van der Waals surface area contributed by atoms with Crippen LogP contribution >= 0.6 is 11.6 Å². The zero-order valence-corrected chi connectivity index (χ0v) is 8.67. The minimum Gasteiger partial charge on any atom is -0.508 e. The van der Waals surface area contributed by atoms with Crippen LogP contribution in [0.25, 0.3) is 10.8 Å². The van der Waals surface area contributed by atoms with Gasteiger partial charge in [-0.05, 0) is 41.0 Å². The van der Waals surface area contributed by atoms with E-state index >= 15 is 0 Å². The van der Waals surface area contributed by atoms with Gasteiger partial charge >= 0.3 is 0 Å². The van der Waals surface area contributed by atoms with Gasteiger partial charge in [-0.3, -0.25) is 0 Å². The fourth-order valence-electron chi connectivity index (χ4n) is 1.71. The molecule has 2 rings (SSSR count). The van der Waals surface area contributed by atoms with Crippen LogP contribution in [0, 0.1) is 0 Å². The van der Waals surface area contributed by atoms with Gasteiger partial charge in [0.1, 0.15) is 5.75 Å². The van der Waals surface area contributed by atoms with E-state index < -0.39 is 0 Å². The van der Waals surface area contributed by atoms with Gasteiger partial charge in [0.25, 0.3) is 0 Å². The predicted molar refractivity (Wildman–Crippen MR) is 60.0 cm³/mol. The number of rotatable bonds is 1. The van der Waals surface area contributed by atoms with Crippen LogP contribution in [-0.2, 0) is 6.42 Å². The van der Waals surface area contributed by atoms with E-state index in [1.807, 2.05) is 18.2 Å². The molecule has 0 unspecified atom stereocenters. The van der Waals surface area contributed by atoms with Gasteiger partial charge in [0.15, 0.2) is 0 Å². The molecular weight excluding hydrogens is 196 g/mol. The molecule has 0 saturated heterocycles. The van der Waals surface area contributed by atoms with Gasteiger partial charge in [-0.25, -0.2) is 0 Å². The first-order chi connectivity index (χ1) is 6.72. The maximum atomic E-state index is 9.33. The Kier molecular flexibility index (Phi) is 2.34. The first-order valence-corrected chi connectivity index (χ1v) is 5.00. The van der Waals surface area contributed by atoms with E-state index in [0.717, 1.165) is 27.8 Å². The fourth-order valence-corrected chi connectivity index (χ4v) is 2.01. The van der Waals surface area contributed by atoms with Gasteiger partial charge in [0, 0.05) is 5.02 Å². The molecule has 1 nitrogen and oxygen atoms in total. The summed E-state index contributed by atoms with van der Waals surface area (Å²) in [6.45, 7) is 2.08. The van der Waals surface area contributed by atoms with Crippen molar-refractivity contribution >= 4 is 22.4 Å². The molecule has 0 amide bonds. The van der Waals surface area contributed by atoms with Crippen LogP contribution in [0.3, 0.4) is 0 Å². The zero-order chi connectivity index (χ0) is 10.1. The lowest BCUT2D eigenvalue weighted by atomic mass is 10.0. The largest absolute Gasteiger partial charge is 0.508 e. The predicted octanol–water partition coefficient (Wildman–Crippen LogP) is 3.76. The van der Waals surface area contributed by atoms with Gasteiger partial charge in [0.2, 0.25) is 0 Å². The number of aromatic hydroxyl groups is 1. The molecule has 72 valence electrons. The van der Waals surface area contributed by atoms with Crippen molar-refractivity contribution in [2.45, 2.75) is 13.3 Å². The van der Waals surface area contributed by atoms with E-state index in [0.29, 0.717) is 5.75 Å². The number of aryl methyl sites for hydroxylation is 1. The number of halogens is 1. The van der Waals surface area contributed by atoms with E-state index in [4.69, 9.17) is 11.6 Å². The van der Waals surface area contributed by atoms with Crippen molar-refractivity contribution in [3.63, 3.8) is 0 Å². The fraction of sp³-hybridized carbons (Fsp3) is 0.167. The van der Waals surface area contributed by atoms with Gasteiger partial charge < -0.3 is 5.11 Å². The molecule has 0 aromatic heterocycles. The smallest absolute Gasteiger partial charge is 0.116 e. The quantitative estimate of drug-likeness (QED) is 0.753. The molecule has 0 atom stereocenters. The second-order valence-corrected chi connectivity index (χ2v) is 3.69. The lowest BCUT2D eigenvalue weighted by Crippen LogP contribution is -1.85. The van der Waals surface area contributed by atoms with E-state index in [1.165, 1.54) is 0 Å². The molecule has 2 heteroatoms. The summed E-state index contributed by atoms with van der Waals surface area (Å²) in [4.78, 5) is 0. The van der Waals surface area contributed by atoms with Gasteiger partial charge in [-0.15, -0.1) is 0 Å². The minimum atomic E-state index is 0.293. The second kappa shape index (κ2) is 3.50. The van der Waals surface area contributed by atoms with Gasteiger partial charge in [-0.1, -0.05) is 30.7 Å². The Bertz CT molecular complexity index is 477. The molecule has 1 N–H and O–H groups in total. The third-order valence-corrected chi connectivity index (χ3v) is 2.77. The van der Waals surface area contributed by atoms with Crippen LogP contribution in [0.1, 0.15) is 12.5 Å². The highest BCUT2D eigenvalue weighted by molar-refractivity contribution is 6.32. The molecule has 2 aromatic carbocycles. The molecule has 2 aromatic rings. The van der Waals surface area contributed by atoms with E-state index in [-0.39, 0.29) is 0 Å². The second-order valence-electron chi connectivity index (χ2n) is 3.28. The molecule has 0 bridgehead atoms. The van der Waals surface area contributed by atoms with Crippen LogP contribution in [0.5, 0.6) is 5.75 Å². The summed E-state index contributed by atoms with van der Waals surface area (Å²) in [5, 5.41) is 12.3. The summed E-state index contributed by atoms with van der Waals surface area (Å²) >= 11 is 6.08. The Morgan fingerprint density at radius 2 is 2.00 bits per heavy atom. The molecule has 0 saturated carbocycles. The summed E-state index contributed by atoms with van der Waals surface area (Å²) in [5.41, 5.74) is 1.14. The molecule has 0 fully saturated rings. The van der Waals surface area contributed by atoms with Crippen molar-refractivity contribution in [1.29, 1.82) is 0 Å². The third kappa shape index (κ3) is 1.44. The summed E-state index contributed by atoms with van der Waals surface area (Å²) in [5.74, 6) is 0.293. The van der Waals surface area contributed by atoms with Crippen molar-refractivity contribution in [2.75, 3.05) is 0 Å². The average molecular weight is 207 g/mol. The summed E-state index contributed by atoms with van der Waals surface area (Å²) < 4.78 is 0. The minimum absolute atomic E-state index is 0.293. The normalized spacial score (nSPS) is 10.7. The Morgan fingerprint density at radius 1 is 1.21 bits per heavy atom. The van der Waals surface area contributed by atoms with E-state index in [1.54, 1.807) is 12.1 Å². The zero-order valence-electron chi connectivity index (χ0n) is 7.92. The molecule has 0 radical (unpaired) electrons. The van der Waals surface area contributed by atoms with Crippen molar-refractivity contribution < 1.29 is 5.11 Å². The molecule has 0 aliphatic carbocycles. The van der Waals surface area contributed by atoms with Crippen molar-refractivity contribution in [3.05, 3.63) is 40.9 Å². The SMILES string of the molecule is CCc1c(Cl)ccc2cc(O)ccc12. The first-order valence-electron chi connectivity index (χ1n) is 4.62. The highest BCUT2D eigenvalue weighted by Crippen LogP contribution is 2.28. The van der Waals surface area contributed by atoms with Crippen LogP contribution < -0.4 is 0 Å². The van der Waals surface area contributed by atoms with Crippen LogP contribution in [-0.4, -0.2) is 5.11 Å². The van der Waals surface area contributed by atoms with Gasteiger partial charge in [0.05, 0.1) is 0 Å². The number of phenolic OH excluding ortho intramolecular Hbond substituents is 1. The number of fused-ring (bicyclic) bond motifs is 1. The molecule has 0 aliphatic rings.